The van der Waals surface area contributed by atoms with E-state index in [1.54, 1.807) is 0 Å². The molecule has 5 nitrogen and oxygen atoms in total. The molecule has 1 amide bonds. The maximum absolute atomic E-state index is 11.6. The highest BCUT2D eigenvalue weighted by Gasteiger charge is 2.20. The summed E-state index contributed by atoms with van der Waals surface area (Å²) in [4.78, 5) is 13.8. The highest BCUT2D eigenvalue weighted by Crippen LogP contribution is 2.28. The van der Waals surface area contributed by atoms with Crippen molar-refractivity contribution in [3.8, 4) is 0 Å². The van der Waals surface area contributed by atoms with Gasteiger partial charge in [0.1, 0.15) is 0 Å². The fraction of sp³-hybridized carbons (Fsp3) is 0.923. The summed E-state index contributed by atoms with van der Waals surface area (Å²) in [5.41, 5.74) is 0. The monoisotopic (exact) mass is 255 g/mol. The standard InChI is InChI=1S/C13H25N3O2/c17-13(10-16-7-5-14-6-8-16)15-4-1-9-18-11-12-2-3-12/h12,14H,1-11H2,(H,15,17). The van der Waals surface area contributed by atoms with Crippen LogP contribution in [0.1, 0.15) is 19.3 Å². The highest BCUT2D eigenvalue weighted by molar-refractivity contribution is 5.77. The van der Waals surface area contributed by atoms with Crippen LogP contribution in [0.2, 0.25) is 0 Å². The fourth-order valence-electron chi connectivity index (χ4n) is 2.06. The molecule has 0 unspecified atom stereocenters. The topological polar surface area (TPSA) is 53.6 Å². The Kier molecular flexibility index (Phi) is 5.90. The van der Waals surface area contributed by atoms with Gasteiger partial charge in [-0.1, -0.05) is 0 Å². The van der Waals surface area contributed by atoms with E-state index >= 15 is 0 Å². The molecule has 1 heterocycles. The van der Waals surface area contributed by atoms with Gasteiger partial charge in [-0.15, -0.1) is 0 Å². The Morgan fingerprint density at radius 1 is 1.33 bits per heavy atom. The van der Waals surface area contributed by atoms with Crippen molar-refractivity contribution in [2.75, 3.05) is 52.5 Å². The maximum atomic E-state index is 11.6. The van der Waals surface area contributed by atoms with E-state index < -0.39 is 0 Å². The quantitative estimate of drug-likeness (QED) is 0.591. The summed E-state index contributed by atoms with van der Waals surface area (Å²) in [5, 5.41) is 6.23. The Balaban J connectivity index is 1.41. The first-order valence-electron chi connectivity index (χ1n) is 7.12. The zero-order chi connectivity index (χ0) is 12.6. The zero-order valence-electron chi connectivity index (χ0n) is 11.1. The van der Waals surface area contributed by atoms with Crippen LogP contribution < -0.4 is 10.6 Å². The summed E-state index contributed by atoms with van der Waals surface area (Å²) in [7, 11) is 0. The van der Waals surface area contributed by atoms with Gasteiger partial charge in [-0.2, -0.15) is 0 Å². The predicted molar refractivity (Wildman–Crippen MR) is 70.5 cm³/mol. The molecule has 0 radical (unpaired) electrons. The summed E-state index contributed by atoms with van der Waals surface area (Å²) < 4.78 is 5.52. The van der Waals surface area contributed by atoms with Gasteiger partial charge in [0, 0.05) is 45.9 Å². The Labute approximate surface area is 109 Å². The van der Waals surface area contributed by atoms with E-state index in [-0.39, 0.29) is 5.91 Å². The van der Waals surface area contributed by atoms with Crippen LogP contribution in [0.25, 0.3) is 0 Å². The van der Waals surface area contributed by atoms with Crippen molar-refractivity contribution in [3.05, 3.63) is 0 Å². The second kappa shape index (κ2) is 7.71. The number of rotatable bonds is 8. The molecule has 1 saturated heterocycles. The fourth-order valence-corrected chi connectivity index (χ4v) is 2.06. The van der Waals surface area contributed by atoms with E-state index in [0.717, 1.165) is 58.3 Å². The van der Waals surface area contributed by atoms with Crippen LogP contribution in [-0.4, -0.2) is 63.3 Å². The molecule has 1 aliphatic heterocycles. The van der Waals surface area contributed by atoms with E-state index in [0.29, 0.717) is 6.54 Å². The molecule has 2 rings (SSSR count). The van der Waals surface area contributed by atoms with Crippen molar-refractivity contribution in [2.24, 2.45) is 5.92 Å². The molecule has 0 aromatic carbocycles. The number of carbonyl (C=O) groups excluding carboxylic acids is 1. The molecular weight excluding hydrogens is 230 g/mol. The summed E-state index contributed by atoms with van der Waals surface area (Å²) in [6, 6.07) is 0. The Morgan fingerprint density at radius 2 is 2.11 bits per heavy atom. The number of carbonyl (C=O) groups is 1. The van der Waals surface area contributed by atoms with Crippen LogP contribution in [0.5, 0.6) is 0 Å². The normalized spacial score (nSPS) is 20.9. The van der Waals surface area contributed by atoms with Crippen molar-refractivity contribution in [2.45, 2.75) is 19.3 Å². The van der Waals surface area contributed by atoms with E-state index in [9.17, 15) is 4.79 Å². The largest absolute Gasteiger partial charge is 0.381 e. The van der Waals surface area contributed by atoms with E-state index in [1.165, 1.54) is 12.8 Å². The molecule has 104 valence electrons. The van der Waals surface area contributed by atoms with Crippen LogP contribution in [0, 0.1) is 5.92 Å². The zero-order valence-corrected chi connectivity index (χ0v) is 11.1. The van der Waals surface area contributed by atoms with Gasteiger partial charge < -0.3 is 15.4 Å². The number of hydrogen-bond acceptors (Lipinski definition) is 4. The lowest BCUT2D eigenvalue weighted by Gasteiger charge is -2.26. The van der Waals surface area contributed by atoms with Crippen LogP contribution in [-0.2, 0) is 9.53 Å². The van der Waals surface area contributed by atoms with Gasteiger partial charge in [-0.05, 0) is 25.2 Å². The highest BCUT2D eigenvalue weighted by atomic mass is 16.5. The second-order valence-corrected chi connectivity index (χ2v) is 5.25. The average molecular weight is 255 g/mol. The first-order valence-corrected chi connectivity index (χ1v) is 7.12. The predicted octanol–water partition coefficient (Wildman–Crippen LogP) is -0.175. The molecular formula is C13H25N3O2. The SMILES string of the molecule is O=C(CN1CCNCC1)NCCCOCC1CC1. The van der Waals surface area contributed by atoms with Crippen LogP contribution in [0.3, 0.4) is 0 Å². The molecule has 0 atom stereocenters. The number of ether oxygens (including phenoxy) is 1. The van der Waals surface area contributed by atoms with Gasteiger partial charge in [-0.3, -0.25) is 9.69 Å². The third-order valence-corrected chi connectivity index (χ3v) is 3.41. The first kappa shape index (κ1) is 13.8. The molecule has 0 spiro atoms. The Bertz CT molecular complexity index is 251. The number of nitrogens with one attached hydrogen (secondary N) is 2. The molecule has 0 aromatic heterocycles. The second-order valence-electron chi connectivity index (χ2n) is 5.25. The summed E-state index contributed by atoms with van der Waals surface area (Å²) in [6.45, 7) is 6.86. The number of hydrogen-bond donors (Lipinski definition) is 2. The minimum Gasteiger partial charge on any atom is -0.381 e. The molecule has 18 heavy (non-hydrogen) atoms. The molecule has 5 heteroatoms. The molecule has 2 aliphatic rings. The van der Waals surface area contributed by atoms with Crippen molar-refractivity contribution in [1.29, 1.82) is 0 Å². The van der Waals surface area contributed by atoms with Gasteiger partial charge in [0.15, 0.2) is 0 Å². The van der Waals surface area contributed by atoms with Crippen LogP contribution >= 0.6 is 0 Å². The van der Waals surface area contributed by atoms with Crippen molar-refractivity contribution < 1.29 is 9.53 Å². The van der Waals surface area contributed by atoms with Crippen LogP contribution in [0.4, 0.5) is 0 Å². The number of nitrogens with zero attached hydrogens (tertiary/aromatic N) is 1. The lowest BCUT2D eigenvalue weighted by atomic mass is 10.3. The molecule has 0 bridgehead atoms. The average Bonchev–Trinajstić information content (AvgIpc) is 3.19. The van der Waals surface area contributed by atoms with E-state index in [4.69, 9.17) is 4.74 Å². The van der Waals surface area contributed by atoms with Gasteiger partial charge in [-0.25, -0.2) is 0 Å². The molecule has 1 saturated carbocycles. The third kappa shape index (κ3) is 5.80. The van der Waals surface area contributed by atoms with Gasteiger partial charge >= 0.3 is 0 Å². The van der Waals surface area contributed by atoms with Crippen molar-refractivity contribution in [1.82, 2.24) is 15.5 Å². The lowest BCUT2D eigenvalue weighted by molar-refractivity contribution is -0.122. The number of amides is 1. The van der Waals surface area contributed by atoms with Gasteiger partial charge in [0.05, 0.1) is 6.54 Å². The maximum Gasteiger partial charge on any atom is 0.234 e. The van der Waals surface area contributed by atoms with Gasteiger partial charge in [0.2, 0.25) is 5.91 Å². The minimum atomic E-state index is 0.138. The Hall–Kier alpha value is -0.650. The van der Waals surface area contributed by atoms with Crippen LogP contribution in [0.15, 0.2) is 0 Å². The van der Waals surface area contributed by atoms with E-state index in [1.807, 2.05) is 0 Å². The Morgan fingerprint density at radius 3 is 2.83 bits per heavy atom. The minimum absolute atomic E-state index is 0.138. The first-order chi connectivity index (χ1) is 8.84. The summed E-state index contributed by atoms with van der Waals surface area (Å²) >= 11 is 0. The summed E-state index contributed by atoms with van der Waals surface area (Å²) in [5.74, 6) is 0.964. The van der Waals surface area contributed by atoms with Crippen molar-refractivity contribution in [3.63, 3.8) is 0 Å². The molecule has 2 N–H and O–H groups in total. The molecule has 2 fully saturated rings. The third-order valence-electron chi connectivity index (χ3n) is 3.41. The lowest BCUT2D eigenvalue weighted by Crippen LogP contribution is -2.47. The summed E-state index contributed by atoms with van der Waals surface area (Å²) in [6.07, 6.45) is 3.59. The molecule has 1 aliphatic carbocycles. The molecule has 0 aromatic rings. The smallest absolute Gasteiger partial charge is 0.234 e. The van der Waals surface area contributed by atoms with Gasteiger partial charge in [0.25, 0.3) is 0 Å². The van der Waals surface area contributed by atoms with E-state index in [2.05, 4.69) is 15.5 Å². The number of piperazine rings is 1. The van der Waals surface area contributed by atoms with Crippen molar-refractivity contribution >= 4 is 5.91 Å².